The van der Waals surface area contributed by atoms with E-state index in [9.17, 15) is 4.79 Å². The summed E-state index contributed by atoms with van der Waals surface area (Å²) in [5.41, 5.74) is 4.15. The molecule has 0 radical (unpaired) electrons. The molecular weight excluding hydrogens is 310 g/mol. The number of carbonyl (C=O) groups excluding carboxylic acids is 1. The molecule has 0 aliphatic carbocycles. The zero-order valence-electron chi connectivity index (χ0n) is 14.1. The van der Waals surface area contributed by atoms with Crippen LogP contribution in [0.2, 0.25) is 0 Å². The normalized spacial score (nSPS) is 23.1. The molecule has 1 spiro atoms. The topological polar surface area (TPSA) is 48.1 Å². The van der Waals surface area contributed by atoms with Crippen LogP contribution in [0.5, 0.6) is 0 Å². The number of aromatic nitrogens is 1. The summed E-state index contributed by atoms with van der Waals surface area (Å²) in [6.45, 7) is 2.67. The predicted molar refractivity (Wildman–Crippen MR) is 99.6 cm³/mol. The van der Waals surface area contributed by atoms with E-state index >= 15 is 0 Å². The van der Waals surface area contributed by atoms with E-state index in [-0.39, 0.29) is 11.3 Å². The SMILES string of the molecule is O=C1Nc2ccccc2[C@]12CCCN(Cc1cc3ccccc3[nH]1)C2. The van der Waals surface area contributed by atoms with Gasteiger partial charge in [0.15, 0.2) is 0 Å². The van der Waals surface area contributed by atoms with Crippen molar-refractivity contribution in [1.29, 1.82) is 0 Å². The van der Waals surface area contributed by atoms with Crippen molar-refractivity contribution in [3.63, 3.8) is 0 Å². The number of carbonyl (C=O) groups is 1. The van der Waals surface area contributed by atoms with Crippen molar-refractivity contribution >= 4 is 22.5 Å². The largest absolute Gasteiger partial charge is 0.357 e. The van der Waals surface area contributed by atoms with Crippen molar-refractivity contribution in [3.05, 3.63) is 65.9 Å². The predicted octanol–water partition coefficient (Wildman–Crippen LogP) is 3.65. The number of nitrogens with zero attached hydrogens (tertiary/aromatic N) is 1. The number of H-pyrrole nitrogens is 1. The van der Waals surface area contributed by atoms with Gasteiger partial charge in [-0.15, -0.1) is 0 Å². The lowest BCUT2D eigenvalue weighted by Crippen LogP contribution is -2.49. The van der Waals surface area contributed by atoms with Crippen LogP contribution in [0.25, 0.3) is 10.9 Å². The summed E-state index contributed by atoms with van der Waals surface area (Å²) in [7, 11) is 0. The molecule has 3 heterocycles. The van der Waals surface area contributed by atoms with Crippen molar-refractivity contribution in [3.8, 4) is 0 Å². The lowest BCUT2D eigenvalue weighted by molar-refractivity contribution is -0.122. The van der Waals surface area contributed by atoms with Crippen LogP contribution in [0.15, 0.2) is 54.6 Å². The summed E-state index contributed by atoms with van der Waals surface area (Å²) < 4.78 is 0. The number of para-hydroxylation sites is 2. The third-order valence-electron chi connectivity index (χ3n) is 5.68. The van der Waals surface area contributed by atoms with Crippen LogP contribution in [0.1, 0.15) is 24.1 Å². The van der Waals surface area contributed by atoms with Crippen molar-refractivity contribution in [2.24, 2.45) is 0 Å². The molecule has 1 fully saturated rings. The van der Waals surface area contributed by atoms with Crippen LogP contribution in [0.3, 0.4) is 0 Å². The number of fused-ring (bicyclic) bond motifs is 3. The fourth-order valence-corrected chi connectivity index (χ4v) is 4.52. The number of likely N-dealkylation sites (tertiary alicyclic amines) is 1. The zero-order chi connectivity index (χ0) is 16.9. The first-order valence-corrected chi connectivity index (χ1v) is 8.95. The van der Waals surface area contributed by atoms with Gasteiger partial charge in [-0.3, -0.25) is 9.69 Å². The first-order chi connectivity index (χ1) is 12.2. The minimum Gasteiger partial charge on any atom is -0.357 e. The smallest absolute Gasteiger partial charge is 0.236 e. The number of hydrogen-bond donors (Lipinski definition) is 2. The van der Waals surface area contributed by atoms with Crippen molar-refractivity contribution in [2.45, 2.75) is 24.8 Å². The van der Waals surface area contributed by atoms with Gasteiger partial charge in [-0.25, -0.2) is 0 Å². The average Bonchev–Trinajstić information content (AvgIpc) is 3.14. The molecule has 2 N–H and O–H groups in total. The molecule has 1 amide bonds. The van der Waals surface area contributed by atoms with E-state index in [4.69, 9.17) is 0 Å². The molecule has 126 valence electrons. The van der Waals surface area contributed by atoms with E-state index in [2.05, 4.69) is 51.6 Å². The Morgan fingerprint density at radius 2 is 1.92 bits per heavy atom. The number of aromatic amines is 1. The van der Waals surface area contributed by atoms with Gasteiger partial charge in [-0.1, -0.05) is 36.4 Å². The Morgan fingerprint density at radius 1 is 1.08 bits per heavy atom. The molecule has 25 heavy (non-hydrogen) atoms. The van der Waals surface area contributed by atoms with Gasteiger partial charge in [-0.05, 0) is 48.5 Å². The van der Waals surface area contributed by atoms with Gasteiger partial charge >= 0.3 is 0 Å². The highest BCUT2D eigenvalue weighted by atomic mass is 16.2. The lowest BCUT2D eigenvalue weighted by atomic mass is 9.75. The molecule has 0 bridgehead atoms. The molecule has 1 aromatic heterocycles. The number of amides is 1. The molecule has 1 atom stereocenters. The number of rotatable bonds is 2. The van der Waals surface area contributed by atoms with Gasteiger partial charge in [0.05, 0.1) is 5.41 Å². The maximum Gasteiger partial charge on any atom is 0.236 e. The van der Waals surface area contributed by atoms with Gasteiger partial charge < -0.3 is 10.3 Å². The summed E-state index contributed by atoms with van der Waals surface area (Å²) >= 11 is 0. The van der Waals surface area contributed by atoms with Crippen molar-refractivity contribution in [2.75, 3.05) is 18.4 Å². The van der Waals surface area contributed by atoms with Crippen LogP contribution in [-0.4, -0.2) is 28.9 Å². The fourth-order valence-electron chi connectivity index (χ4n) is 4.52. The molecule has 4 heteroatoms. The van der Waals surface area contributed by atoms with E-state index in [0.717, 1.165) is 38.2 Å². The van der Waals surface area contributed by atoms with Crippen LogP contribution < -0.4 is 5.32 Å². The molecular formula is C21H21N3O. The standard InChI is InChI=1S/C21H21N3O/c25-20-21(17-7-2-4-9-19(17)23-20)10-5-11-24(14-21)13-16-12-15-6-1-3-8-18(15)22-16/h1-4,6-9,12,22H,5,10-11,13-14H2,(H,23,25)/t21-/m1/s1. The van der Waals surface area contributed by atoms with Crippen molar-refractivity contribution < 1.29 is 4.79 Å². The summed E-state index contributed by atoms with van der Waals surface area (Å²) in [6, 6.07) is 18.7. The second-order valence-electron chi connectivity index (χ2n) is 7.28. The highest BCUT2D eigenvalue weighted by molar-refractivity contribution is 6.06. The number of piperidine rings is 1. The Kier molecular flexibility index (Phi) is 3.22. The monoisotopic (exact) mass is 331 g/mol. The van der Waals surface area contributed by atoms with E-state index in [0.29, 0.717) is 0 Å². The minimum atomic E-state index is -0.388. The maximum atomic E-state index is 12.8. The Balaban J connectivity index is 1.44. The third-order valence-corrected chi connectivity index (χ3v) is 5.68. The number of nitrogens with one attached hydrogen (secondary N) is 2. The average molecular weight is 331 g/mol. The van der Waals surface area contributed by atoms with E-state index in [1.54, 1.807) is 0 Å². The van der Waals surface area contributed by atoms with Gasteiger partial charge in [0, 0.05) is 30.0 Å². The van der Waals surface area contributed by atoms with E-state index < -0.39 is 0 Å². The third kappa shape index (κ3) is 2.29. The molecule has 1 saturated heterocycles. The molecule has 0 unspecified atom stereocenters. The summed E-state index contributed by atoms with van der Waals surface area (Å²) in [5, 5.41) is 4.33. The second-order valence-corrected chi connectivity index (χ2v) is 7.28. The van der Waals surface area contributed by atoms with Gasteiger partial charge in [0.25, 0.3) is 0 Å². The fraction of sp³-hybridized carbons (Fsp3) is 0.286. The summed E-state index contributed by atoms with van der Waals surface area (Å²) in [4.78, 5) is 18.7. The van der Waals surface area contributed by atoms with Gasteiger partial charge in [0.1, 0.15) is 0 Å². The molecule has 3 aromatic rings. The number of anilines is 1. The van der Waals surface area contributed by atoms with Gasteiger partial charge in [0.2, 0.25) is 5.91 Å². The Morgan fingerprint density at radius 3 is 2.84 bits per heavy atom. The van der Waals surface area contributed by atoms with Crippen molar-refractivity contribution in [1.82, 2.24) is 9.88 Å². The Labute approximate surface area is 146 Å². The van der Waals surface area contributed by atoms with Crippen LogP contribution in [-0.2, 0) is 16.8 Å². The molecule has 4 nitrogen and oxygen atoms in total. The molecule has 0 saturated carbocycles. The van der Waals surface area contributed by atoms with E-state index in [1.807, 2.05) is 18.2 Å². The summed E-state index contributed by atoms with van der Waals surface area (Å²) in [5.74, 6) is 0.162. The zero-order valence-corrected chi connectivity index (χ0v) is 14.1. The summed E-state index contributed by atoms with van der Waals surface area (Å²) in [6.07, 6.45) is 1.97. The molecule has 2 aromatic carbocycles. The van der Waals surface area contributed by atoms with Crippen LogP contribution in [0, 0.1) is 0 Å². The highest BCUT2D eigenvalue weighted by Gasteiger charge is 2.48. The number of hydrogen-bond acceptors (Lipinski definition) is 2. The Bertz CT molecular complexity index is 927. The Hall–Kier alpha value is -2.59. The molecule has 2 aliphatic heterocycles. The highest BCUT2D eigenvalue weighted by Crippen LogP contribution is 2.43. The lowest BCUT2D eigenvalue weighted by Gasteiger charge is -2.38. The first kappa shape index (κ1) is 14.7. The van der Waals surface area contributed by atoms with Crippen LogP contribution >= 0.6 is 0 Å². The maximum absolute atomic E-state index is 12.8. The van der Waals surface area contributed by atoms with Crippen LogP contribution in [0.4, 0.5) is 5.69 Å². The van der Waals surface area contributed by atoms with E-state index in [1.165, 1.54) is 22.2 Å². The molecule has 5 rings (SSSR count). The minimum absolute atomic E-state index is 0.162. The van der Waals surface area contributed by atoms with Gasteiger partial charge in [-0.2, -0.15) is 0 Å². The quantitative estimate of drug-likeness (QED) is 0.753. The first-order valence-electron chi connectivity index (χ1n) is 8.95. The molecule has 2 aliphatic rings. The number of benzene rings is 2. The second kappa shape index (κ2) is 5.46.